The van der Waals surface area contributed by atoms with Crippen molar-refractivity contribution in [1.82, 2.24) is 4.90 Å². The molecule has 16 heavy (non-hydrogen) atoms. The topological polar surface area (TPSA) is 80.5 Å². The minimum atomic E-state index is -3.35. The van der Waals surface area contributed by atoms with Crippen molar-refractivity contribution in [3.05, 3.63) is 0 Å². The summed E-state index contributed by atoms with van der Waals surface area (Å²) in [6.07, 6.45) is 2.55. The molecule has 1 atom stereocenters. The number of sulfone groups is 1. The quantitative estimate of drug-likeness (QED) is 0.728. The number of hydrogen-bond acceptors (Lipinski definition) is 4. The van der Waals surface area contributed by atoms with Gasteiger partial charge in [0, 0.05) is 19.1 Å². The summed E-state index contributed by atoms with van der Waals surface area (Å²) < 4.78 is 23.3. The Hall–Kier alpha value is -0.620. The van der Waals surface area contributed by atoms with Crippen molar-refractivity contribution in [2.45, 2.75) is 32.2 Å². The van der Waals surface area contributed by atoms with Gasteiger partial charge in [0.1, 0.15) is 5.75 Å². The van der Waals surface area contributed by atoms with Crippen LogP contribution in [0, 0.1) is 0 Å². The molecule has 1 heterocycles. The fourth-order valence-corrected chi connectivity index (χ4v) is 3.31. The number of hydrogen-bond donors (Lipinski definition) is 1. The molecular formula is C10H20N2O3S. The molecule has 94 valence electrons. The SMILES string of the molecule is CCC(N)CS(=O)(=O)CC(=O)N1CCCC1. The van der Waals surface area contributed by atoms with E-state index in [2.05, 4.69) is 0 Å². The van der Waals surface area contributed by atoms with Crippen molar-refractivity contribution >= 4 is 15.7 Å². The number of rotatable bonds is 5. The summed E-state index contributed by atoms with van der Waals surface area (Å²) in [4.78, 5) is 13.3. The van der Waals surface area contributed by atoms with Crippen LogP contribution in [0.4, 0.5) is 0 Å². The molecule has 0 bridgehead atoms. The van der Waals surface area contributed by atoms with Crippen molar-refractivity contribution in [2.75, 3.05) is 24.6 Å². The van der Waals surface area contributed by atoms with E-state index >= 15 is 0 Å². The lowest BCUT2D eigenvalue weighted by atomic mass is 10.3. The van der Waals surface area contributed by atoms with Gasteiger partial charge in [0.25, 0.3) is 0 Å². The summed E-state index contributed by atoms with van der Waals surface area (Å²) in [5.74, 6) is -0.759. The number of carbonyl (C=O) groups excluding carboxylic acids is 1. The number of amides is 1. The molecule has 0 aromatic heterocycles. The van der Waals surface area contributed by atoms with Crippen molar-refractivity contribution in [3.63, 3.8) is 0 Å². The summed E-state index contributed by atoms with van der Waals surface area (Å²) >= 11 is 0. The second-order valence-corrected chi connectivity index (χ2v) is 6.42. The van der Waals surface area contributed by atoms with Gasteiger partial charge in [-0.2, -0.15) is 0 Å². The number of carbonyl (C=O) groups is 1. The Morgan fingerprint density at radius 1 is 1.38 bits per heavy atom. The molecule has 1 amide bonds. The summed E-state index contributed by atoms with van der Waals surface area (Å²) in [6.45, 7) is 3.21. The van der Waals surface area contributed by atoms with Gasteiger partial charge in [-0.3, -0.25) is 4.79 Å². The average molecular weight is 248 g/mol. The van der Waals surface area contributed by atoms with Gasteiger partial charge in [-0.25, -0.2) is 8.42 Å². The second kappa shape index (κ2) is 5.63. The molecule has 0 aromatic carbocycles. The molecule has 1 aliphatic heterocycles. The first-order chi connectivity index (χ1) is 7.44. The van der Waals surface area contributed by atoms with E-state index in [9.17, 15) is 13.2 Å². The van der Waals surface area contributed by atoms with Crippen molar-refractivity contribution in [1.29, 1.82) is 0 Å². The van der Waals surface area contributed by atoms with E-state index in [4.69, 9.17) is 5.73 Å². The molecule has 1 aliphatic rings. The first-order valence-electron chi connectivity index (χ1n) is 5.68. The summed E-state index contributed by atoms with van der Waals surface area (Å²) in [6, 6.07) is -0.364. The Kier molecular flexibility index (Phi) is 4.73. The van der Waals surface area contributed by atoms with Crippen LogP contribution in [0.2, 0.25) is 0 Å². The summed E-state index contributed by atoms with van der Waals surface area (Å²) in [7, 11) is -3.35. The Bertz CT molecular complexity index is 334. The molecule has 1 fully saturated rings. The van der Waals surface area contributed by atoms with Crippen molar-refractivity contribution < 1.29 is 13.2 Å². The largest absolute Gasteiger partial charge is 0.342 e. The molecular weight excluding hydrogens is 228 g/mol. The van der Waals surface area contributed by atoms with Crippen LogP contribution in [0.5, 0.6) is 0 Å². The third-order valence-electron chi connectivity index (χ3n) is 2.79. The third-order valence-corrected chi connectivity index (χ3v) is 4.42. The first kappa shape index (κ1) is 13.4. The summed E-state index contributed by atoms with van der Waals surface area (Å²) in [5.41, 5.74) is 5.58. The lowest BCUT2D eigenvalue weighted by Gasteiger charge is -2.16. The van der Waals surface area contributed by atoms with E-state index in [0.29, 0.717) is 19.5 Å². The maximum Gasteiger partial charge on any atom is 0.237 e. The highest BCUT2D eigenvalue weighted by atomic mass is 32.2. The molecule has 0 aromatic rings. The monoisotopic (exact) mass is 248 g/mol. The molecule has 1 rings (SSSR count). The molecule has 0 aliphatic carbocycles. The maximum atomic E-state index is 11.6. The zero-order valence-corrected chi connectivity index (χ0v) is 10.5. The predicted octanol–water partition coefficient (Wildman–Crippen LogP) is -0.239. The van der Waals surface area contributed by atoms with Gasteiger partial charge in [-0.1, -0.05) is 6.92 Å². The minimum Gasteiger partial charge on any atom is -0.342 e. The van der Waals surface area contributed by atoms with E-state index in [0.717, 1.165) is 12.8 Å². The van der Waals surface area contributed by atoms with E-state index in [1.54, 1.807) is 4.90 Å². The predicted molar refractivity (Wildman–Crippen MR) is 62.7 cm³/mol. The lowest BCUT2D eigenvalue weighted by molar-refractivity contribution is -0.127. The van der Waals surface area contributed by atoms with Crippen LogP contribution in [-0.2, 0) is 14.6 Å². The van der Waals surface area contributed by atoms with Crippen LogP contribution in [-0.4, -0.2) is 49.9 Å². The Morgan fingerprint density at radius 3 is 2.44 bits per heavy atom. The van der Waals surface area contributed by atoms with Gasteiger partial charge in [0.2, 0.25) is 5.91 Å². The fourth-order valence-electron chi connectivity index (χ4n) is 1.75. The van der Waals surface area contributed by atoms with Gasteiger partial charge < -0.3 is 10.6 Å². The van der Waals surface area contributed by atoms with Crippen LogP contribution >= 0.6 is 0 Å². The molecule has 2 N–H and O–H groups in total. The molecule has 6 heteroatoms. The molecule has 5 nitrogen and oxygen atoms in total. The maximum absolute atomic E-state index is 11.6. The van der Waals surface area contributed by atoms with Crippen LogP contribution in [0.25, 0.3) is 0 Å². The average Bonchev–Trinajstić information content (AvgIpc) is 2.68. The van der Waals surface area contributed by atoms with Crippen LogP contribution in [0.1, 0.15) is 26.2 Å². The highest BCUT2D eigenvalue weighted by Gasteiger charge is 2.24. The van der Waals surface area contributed by atoms with Crippen LogP contribution in [0.3, 0.4) is 0 Å². The molecule has 0 spiro atoms. The Balaban J connectivity index is 2.48. The van der Waals surface area contributed by atoms with Crippen molar-refractivity contribution in [3.8, 4) is 0 Å². The lowest BCUT2D eigenvalue weighted by Crippen LogP contribution is -2.37. The van der Waals surface area contributed by atoms with Crippen LogP contribution in [0.15, 0.2) is 0 Å². The van der Waals surface area contributed by atoms with E-state index < -0.39 is 9.84 Å². The van der Waals surface area contributed by atoms with Gasteiger partial charge in [0.15, 0.2) is 9.84 Å². The van der Waals surface area contributed by atoms with Gasteiger partial charge in [-0.05, 0) is 19.3 Å². The molecule has 1 saturated heterocycles. The Morgan fingerprint density at radius 2 is 1.94 bits per heavy atom. The molecule has 0 saturated carbocycles. The number of nitrogens with zero attached hydrogens (tertiary/aromatic N) is 1. The summed E-state index contributed by atoms with van der Waals surface area (Å²) in [5, 5.41) is 0. The number of likely N-dealkylation sites (tertiary alicyclic amines) is 1. The van der Waals surface area contributed by atoms with E-state index in [1.807, 2.05) is 6.92 Å². The molecule has 1 unspecified atom stereocenters. The molecule has 0 radical (unpaired) electrons. The van der Waals surface area contributed by atoms with E-state index in [1.165, 1.54) is 0 Å². The van der Waals surface area contributed by atoms with Gasteiger partial charge >= 0.3 is 0 Å². The highest BCUT2D eigenvalue weighted by Crippen LogP contribution is 2.09. The van der Waals surface area contributed by atoms with Crippen molar-refractivity contribution in [2.24, 2.45) is 5.73 Å². The smallest absolute Gasteiger partial charge is 0.237 e. The van der Waals surface area contributed by atoms with Gasteiger partial charge in [-0.15, -0.1) is 0 Å². The standard InChI is InChI=1S/C10H20N2O3S/c1-2-9(11)7-16(14,15)8-10(13)12-5-3-4-6-12/h9H,2-8,11H2,1H3. The zero-order valence-electron chi connectivity index (χ0n) is 9.68. The minimum absolute atomic E-state index is 0.0942. The normalized spacial score (nSPS) is 18.8. The zero-order chi connectivity index (χ0) is 12.2. The number of nitrogens with two attached hydrogens (primary N) is 1. The fraction of sp³-hybridized carbons (Fsp3) is 0.900. The third kappa shape index (κ3) is 4.09. The second-order valence-electron chi connectivity index (χ2n) is 4.31. The Labute approximate surface area is 96.9 Å². The van der Waals surface area contributed by atoms with Crippen LogP contribution < -0.4 is 5.73 Å². The highest BCUT2D eigenvalue weighted by molar-refractivity contribution is 7.92. The van der Waals surface area contributed by atoms with Gasteiger partial charge in [0.05, 0.1) is 5.75 Å². The first-order valence-corrected chi connectivity index (χ1v) is 7.50. The van der Waals surface area contributed by atoms with E-state index in [-0.39, 0.29) is 23.5 Å².